The van der Waals surface area contributed by atoms with Crippen molar-refractivity contribution in [2.45, 2.75) is 19.9 Å². The number of nitrogens with one attached hydrogen (secondary N) is 2. The first kappa shape index (κ1) is 11.9. The highest BCUT2D eigenvalue weighted by atomic mass is 14.9. The van der Waals surface area contributed by atoms with Gasteiger partial charge < -0.3 is 10.6 Å². The molecule has 0 spiro atoms. The second-order valence-electron chi connectivity index (χ2n) is 4.32. The molecular formula is C15H20N2. The maximum absolute atomic E-state index is 3.35. The number of hydrogen-bond donors (Lipinski definition) is 2. The van der Waals surface area contributed by atoms with Crippen LogP contribution in [0.1, 0.15) is 25.5 Å². The molecule has 2 heteroatoms. The molecular weight excluding hydrogens is 208 g/mol. The van der Waals surface area contributed by atoms with E-state index in [0.29, 0.717) is 6.04 Å². The zero-order valence-electron chi connectivity index (χ0n) is 10.7. The van der Waals surface area contributed by atoms with Crippen molar-refractivity contribution in [1.29, 1.82) is 0 Å². The Labute approximate surface area is 103 Å². The minimum absolute atomic E-state index is 0.378. The van der Waals surface area contributed by atoms with Crippen LogP contribution >= 0.6 is 0 Å². The highest BCUT2D eigenvalue weighted by molar-refractivity contribution is 5.88. The van der Waals surface area contributed by atoms with E-state index in [-0.39, 0.29) is 0 Å². The minimum Gasteiger partial charge on any atom is -0.385 e. The predicted octanol–water partition coefficient (Wildman–Crippen LogP) is 3.55. The average molecular weight is 228 g/mol. The Bertz CT molecular complexity index is 505. The number of hydrogen-bond acceptors (Lipinski definition) is 2. The van der Waals surface area contributed by atoms with Crippen molar-refractivity contribution < 1.29 is 0 Å². The normalized spacial score (nSPS) is 12.6. The first-order valence-corrected chi connectivity index (χ1v) is 6.20. The number of anilines is 1. The van der Waals surface area contributed by atoms with E-state index in [1.165, 1.54) is 22.0 Å². The van der Waals surface area contributed by atoms with Crippen LogP contribution in [0.15, 0.2) is 36.4 Å². The summed E-state index contributed by atoms with van der Waals surface area (Å²) in [6.07, 6.45) is 0. The van der Waals surface area contributed by atoms with Crippen molar-refractivity contribution in [2.75, 3.05) is 18.9 Å². The molecule has 17 heavy (non-hydrogen) atoms. The molecule has 0 fully saturated rings. The van der Waals surface area contributed by atoms with Crippen LogP contribution in [-0.2, 0) is 0 Å². The van der Waals surface area contributed by atoms with Gasteiger partial charge in [-0.2, -0.15) is 0 Å². The van der Waals surface area contributed by atoms with E-state index in [1.54, 1.807) is 0 Å². The quantitative estimate of drug-likeness (QED) is 0.836. The molecule has 2 nitrogen and oxygen atoms in total. The van der Waals surface area contributed by atoms with Crippen LogP contribution in [0.5, 0.6) is 0 Å². The molecule has 0 radical (unpaired) electrons. The third-order valence-corrected chi connectivity index (χ3v) is 3.19. The van der Waals surface area contributed by atoms with Crippen LogP contribution < -0.4 is 10.6 Å². The van der Waals surface area contributed by atoms with Gasteiger partial charge in [0.2, 0.25) is 0 Å². The van der Waals surface area contributed by atoms with Crippen LogP contribution in [-0.4, -0.2) is 13.6 Å². The van der Waals surface area contributed by atoms with E-state index in [9.17, 15) is 0 Å². The van der Waals surface area contributed by atoms with Gasteiger partial charge in [0.25, 0.3) is 0 Å². The summed E-state index contributed by atoms with van der Waals surface area (Å²) in [4.78, 5) is 0. The van der Waals surface area contributed by atoms with Gasteiger partial charge in [0.05, 0.1) is 0 Å². The lowest BCUT2D eigenvalue weighted by molar-refractivity contribution is 0.657. The zero-order chi connectivity index (χ0) is 12.3. The first-order valence-electron chi connectivity index (χ1n) is 6.20. The molecule has 90 valence electrons. The number of benzene rings is 2. The average Bonchev–Trinajstić information content (AvgIpc) is 2.37. The van der Waals surface area contributed by atoms with Gasteiger partial charge in [0, 0.05) is 18.3 Å². The zero-order valence-corrected chi connectivity index (χ0v) is 10.7. The van der Waals surface area contributed by atoms with Crippen LogP contribution in [0.25, 0.3) is 10.8 Å². The Morgan fingerprint density at radius 3 is 2.71 bits per heavy atom. The molecule has 0 aliphatic heterocycles. The summed E-state index contributed by atoms with van der Waals surface area (Å²) in [5, 5.41) is 9.27. The Hall–Kier alpha value is -1.54. The molecule has 0 amide bonds. The SMILES string of the molecule is CCNc1ccc2c(C(C)NC)cccc2c1. The van der Waals surface area contributed by atoms with Crippen molar-refractivity contribution in [1.82, 2.24) is 5.32 Å². The van der Waals surface area contributed by atoms with Gasteiger partial charge in [-0.15, -0.1) is 0 Å². The fourth-order valence-electron chi connectivity index (χ4n) is 2.16. The Morgan fingerprint density at radius 1 is 1.18 bits per heavy atom. The first-order chi connectivity index (χ1) is 8.26. The second kappa shape index (κ2) is 5.19. The van der Waals surface area contributed by atoms with Crippen LogP contribution in [0.3, 0.4) is 0 Å². The summed E-state index contributed by atoms with van der Waals surface area (Å²) >= 11 is 0. The monoisotopic (exact) mass is 228 g/mol. The largest absolute Gasteiger partial charge is 0.385 e. The minimum atomic E-state index is 0.378. The molecule has 2 rings (SSSR count). The predicted molar refractivity (Wildman–Crippen MR) is 75.6 cm³/mol. The topological polar surface area (TPSA) is 24.1 Å². The number of rotatable bonds is 4. The second-order valence-corrected chi connectivity index (χ2v) is 4.32. The Balaban J connectivity index is 2.51. The van der Waals surface area contributed by atoms with Crippen molar-refractivity contribution in [2.24, 2.45) is 0 Å². The molecule has 2 N–H and O–H groups in total. The summed E-state index contributed by atoms with van der Waals surface area (Å²) in [6, 6.07) is 13.4. The molecule has 0 bridgehead atoms. The van der Waals surface area contributed by atoms with Crippen molar-refractivity contribution in [3.05, 3.63) is 42.0 Å². The van der Waals surface area contributed by atoms with E-state index in [0.717, 1.165) is 6.54 Å². The molecule has 1 unspecified atom stereocenters. The van der Waals surface area contributed by atoms with Crippen molar-refractivity contribution in [3.63, 3.8) is 0 Å². The van der Waals surface area contributed by atoms with Gasteiger partial charge in [0.15, 0.2) is 0 Å². The molecule has 0 aliphatic carbocycles. The van der Waals surface area contributed by atoms with E-state index in [4.69, 9.17) is 0 Å². The highest BCUT2D eigenvalue weighted by Gasteiger charge is 2.07. The molecule has 0 aliphatic rings. The van der Waals surface area contributed by atoms with E-state index in [2.05, 4.69) is 60.9 Å². The van der Waals surface area contributed by atoms with Gasteiger partial charge in [-0.1, -0.05) is 24.3 Å². The maximum atomic E-state index is 3.35. The van der Waals surface area contributed by atoms with E-state index in [1.807, 2.05) is 7.05 Å². The van der Waals surface area contributed by atoms with Gasteiger partial charge in [-0.05, 0) is 49.4 Å². The van der Waals surface area contributed by atoms with E-state index >= 15 is 0 Å². The summed E-state index contributed by atoms with van der Waals surface area (Å²) in [5.74, 6) is 0. The van der Waals surface area contributed by atoms with Crippen molar-refractivity contribution in [3.8, 4) is 0 Å². The van der Waals surface area contributed by atoms with Crippen LogP contribution in [0.4, 0.5) is 5.69 Å². The fraction of sp³-hybridized carbons (Fsp3) is 0.333. The molecule has 2 aromatic carbocycles. The van der Waals surface area contributed by atoms with Crippen LogP contribution in [0, 0.1) is 0 Å². The number of fused-ring (bicyclic) bond motifs is 1. The third-order valence-electron chi connectivity index (χ3n) is 3.19. The lowest BCUT2D eigenvalue weighted by Gasteiger charge is -2.14. The Kier molecular flexibility index (Phi) is 3.64. The fourth-order valence-corrected chi connectivity index (χ4v) is 2.16. The molecule has 2 aromatic rings. The van der Waals surface area contributed by atoms with Gasteiger partial charge >= 0.3 is 0 Å². The lowest BCUT2D eigenvalue weighted by Crippen LogP contribution is -2.12. The molecule has 0 aromatic heterocycles. The lowest BCUT2D eigenvalue weighted by atomic mass is 9.99. The van der Waals surface area contributed by atoms with E-state index < -0.39 is 0 Å². The molecule has 0 heterocycles. The van der Waals surface area contributed by atoms with Crippen LogP contribution in [0.2, 0.25) is 0 Å². The maximum Gasteiger partial charge on any atom is 0.0346 e. The molecule has 0 saturated heterocycles. The summed E-state index contributed by atoms with van der Waals surface area (Å²) < 4.78 is 0. The van der Waals surface area contributed by atoms with Gasteiger partial charge in [-0.3, -0.25) is 0 Å². The molecule has 0 saturated carbocycles. The van der Waals surface area contributed by atoms with Crippen molar-refractivity contribution >= 4 is 16.5 Å². The standard InChI is InChI=1S/C15H20N2/c1-4-17-13-8-9-15-12(10-13)6-5-7-14(15)11(2)16-3/h5-11,16-17H,4H2,1-3H3. The Morgan fingerprint density at radius 2 is 2.00 bits per heavy atom. The molecule has 1 atom stereocenters. The third kappa shape index (κ3) is 2.42. The smallest absolute Gasteiger partial charge is 0.0346 e. The van der Waals surface area contributed by atoms with Gasteiger partial charge in [0.1, 0.15) is 0 Å². The summed E-state index contributed by atoms with van der Waals surface area (Å²) in [5.41, 5.74) is 2.54. The summed E-state index contributed by atoms with van der Waals surface area (Å²) in [7, 11) is 2.00. The van der Waals surface area contributed by atoms with Gasteiger partial charge in [-0.25, -0.2) is 0 Å². The summed E-state index contributed by atoms with van der Waals surface area (Å²) in [6.45, 7) is 5.26. The highest BCUT2D eigenvalue weighted by Crippen LogP contribution is 2.26.